The Balaban J connectivity index is 2.44. The molecule has 1 rings (SSSR count). The van der Waals surface area contributed by atoms with E-state index in [0.717, 1.165) is 5.57 Å². The summed E-state index contributed by atoms with van der Waals surface area (Å²) in [6.45, 7) is 3.64. The van der Waals surface area contributed by atoms with Gasteiger partial charge in [-0.15, -0.1) is 0 Å². The van der Waals surface area contributed by atoms with Gasteiger partial charge in [-0.25, -0.2) is 0 Å². The molecule has 0 aromatic heterocycles. The monoisotopic (exact) mass is 128 g/mol. The molecule has 1 saturated carbocycles. The molecular weight excluding hydrogens is 116 g/mol. The summed E-state index contributed by atoms with van der Waals surface area (Å²) in [4.78, 5) is 0. The average molecular weight is 128 g/mol. The van der Waals surface area contributed by atoms with E-state index in [0.29, 0.717) is 19.3 Å². The lowest BCUT2D eigenvalue weighted by molar-refractivity contribution is 0.0929. The van der Waals surface area contributed by atoms with Gasteiger partial charge in [-0.05, 0) is 24.8 Å². The summed E-state index contributed by atoms with van der Waals surface area (Å²) in [5, 5.41) is 18.1. The van der Waals surface area contributed by atoms with Crippen molar-refractivity contribution in [1.82, 2.24) is 0 Å². The first kappa shape index (κ1) is 6.78. The van der Waals surface area contributed by atoms with Crippen molar-refractivity contribution in [3.8, 4) is 0 Å². The predicted octanol–water partition coefficient (Wildman–Crippen LogP) is 0.448. The second-order valence-corrected chi connectivity index (χ2v) is 2.61. The highest BCUT2D eigenvalue weighted by Crippen LogP contribution is 2.21. The number of aliphatic hydroxyl groups is 2. The predicted molar refractivity (Wildman–Crippen MR) is 35.0 cm³/mol. The number of rotatable bonds is 0. The van der Waals surface area contributed by atoms with Crippen LogP contribution in [0.2, 0.25) is 0 Å². The normalized spacial score (nSPS) is 36.9. The molecule has 1 aliphatic rings. The number of hydrogen-bond acceptors (Lipinski definition) is 2. The second-order valence-electron chi connectivity index (χ2n) is 2.61. The smallest absolute Gasteiger partial charge is 0.0749 e. The summed E-state index contributed by atoms with van der Waals surface area (Å²) in [6.07, 6.45) is 1.32. The van der Waals surface area contributed by atoms with Gasteiger partial charge in [0.15, 0.2) is 0 Å². The van der Waals surface area contributed by atoms with Gasteiger partial charge in [0.2, 0.25) is 0 Å². The van der Waals surface area contributed by atoms with Gasteiger partial charge < -0.3 is 10.2 Å². The molecule has 2 unspecified atom stereocenters. The summed E-state index contributed by atoms with van der Waals surface area (Å²) in [7, 11) is 0. The highest BCUT2D eigenvalue weighted by Gasteiger charge is 2.19. The maximum atomic E-state index is 9.08. The summed E-state index contributed by atoms with van der Waals surface area (Å²) < 4.78 is 0. The van der Waals surface area contributed by atoms with Crippen LogP contribution < -0.4 is 0 Å². The van der Waals surface area contributed by atoms with Crippen LogP contribution in [0.3, 0.4) is 0 Å². The molecule has 0 bridgehead atoms. The van der Waals surface area contributed by atoms with Gasteiger partial charge in [0.05, 0.1) is 12.2 Å². The Morgan fingerprint density at radius 3 is 2.44 bits per heavy atom. The highest BCUT2D eigenvalue weighted by molar-refractivity contribution is 5.06. The topological polar surface area (TPSA) is 40.5 Å². The Bertz CT molecular complexity index is 120. The lowest BCUT2D eigenvalue weighted by Crippen LogP contribution is -2.23. The molecule has 9 heavy (non-hydrogen) atoms. The van der Waals surface area contributed by atoms with E-state index in [1.165, 1.54) is 0 Å². The van der Waals surface area contributed by atoms with Crippen LogP contribution in [-0.2, 0) is 0 Å². The first-order valence-electron chi connectivity index (χ1n) is 3.24. The van der Waals surface area contributed by atoms with Gasteiger partial charge in [-0.1, -0.05) is 6.58 Å². The number of aliphatic hydroxyl groups excluding tert-OH is 2. The summed E-state index contributed by atoms with van der Waals surface area (Å²) >= 11 is 0. The van der Waals surface area contributed by atoms with E-state index in [2.05, 4.69) is 6.58 Å². The Kier molecular flexibility index (Phi) is 1.88. The quantitative estimate of drug-likeness (QED) is 0.465. The van der Waals surface area contributed by atoms with E-state index in [1.54, 1.807) is 0 Å². The molecule has 0 radical (unpaired) electrons. The molecule has 0 spiro atoms. The Morgan fingerprint density at radius 2 is 2.00 bits per heavy atom. The van der Waals surface area contributed by atoms with Crippen LogP contribution in [0.4, 0.5) is 0 Å². The van der Waals surface area contributed by atoms with Gasteiger partial charge in [0, 0.05) is 0 Å². The molecule has 2 atom stereocenters. The van der Waals surface area contributed by atoms with Crippen molar-refractivity contribution < 1.29 is 10.2 Å². The van der Waals surface area contributed by atoms with Gasteiger partial charge in [-0.2, -0.15) is 0 Å². The van der Waals surface area contributed by atoms with E-state index < -0.39 is 0 Å². The fourth-order valence-corrected chi connectivity index (χ4v) is 1.10. The minimum atomic E-state index is -0.367. The standard InChI is InChI=1S/C7H12O2/c1-5-4-6(8)2-3-7(5)9/h6-9H,1-4H2. The maximum absolute atomic E-state index is 9.08. The van der Waals surface area contributed by atoms with Gasteiger partial charge >= 0.3 is 0 Å². The molecule has 0 saturated heterocycles. The van der Waals surface area contributed by atoms with Crippen LogP contribution >= 0.6 is 0 Å². The van der Waals surface area contributed by atoms with Crippen LogP contribution in [0, 0.1) is 0 Å². The molecule has 1 aliphatic carbocycles. The van der Waals surface area contributed by atoms with E-state index in [9.17, 15) is 0 Å². The van der Waals surface area contributed by atoms with E-state index >= 15 is 0 Å². The highest BCUT2D eigenvalue weighted by atomic mass is 16.3. The molecule has 0 heterocycles. The van der Waals surface area contributed by atoms with E-state index in [1.807, 2.05) is 0 Å². The Hall–Kier alpha value is -0.340. The van der Waals surface area contributed by atoms with Crippen LogP contribution in [0.15, 0.2) is 12.2 Å². The number of hydrogen-bond donors (Lipinski definition) is 2. The van der Waals surface area contributed by atoms with E-state index in [4.69, 9.17) is 10.2 Å². The van der Waals surface area contributed by atoms with Crippen molar-refractivity contribution in [3.63, 3.8) is 0 Å². The molecule has 1 fully saturated rings. The van der Waals surface area contributed by atoms with Crippen molar-refractivity contribution in [2.24, 2.45) is 0 Å². The fraction of sp³-hybridized carbons (Fsp3) is 0.714. The third-order valence-electron chi connectivity index (χ3n) is 1.74. The molecular formula is C7H12O2. The van der Waals surface area contributed by atoms with Crippen LogP contribution in [-0.4, -0.2) is 22.4 Å². The van der Waals surface area contributed by atoms with Gasteiger partial charge in [0.1, 0.15) is 0 Å². The molecule has 0 amide bonds. The maximum Gasteiger partial charge on any atom is 0.0749 e. The first-order chi connectivity index (χ1) is 4.20. The molecule has 0 aromatic rings. The lowest BCUT2D eigenvalue weighted by atomic mass is 9.91. The molecule has 2 N–H and O–H groups in total. The zero-order valence-electron chi connectivity index (χ0n) is 5.38. The largest absolute Gasteiger partial charge is 0.393 e. The third-order valence-corrected chi connectivity index (χ3v) is 1.74. The molecule has 52 valence electrons. The summed E-state index contributed by atoms with van der Waals surface area (Å²) in [5.41, 5.74) is 0.772. The average Bonchev–Trinajstić information content (AvgIpc) is 1.80. The fourth-order valence-electron chi connectivity index (χ4n) is 1.10. The van der Waals surface area contributed by atoms with Gasteiger partial charge in [0.25, 0.3) is 0 Å². The minimum Gasteiger partial charge on any atom is -0.393 e. The van der Waals surface area contributed by atoms with Crippen LogP contribution in [0.1, 0.15) is 19.3 Å². The van der Waals surface area contributed by atoms with Crippen molar-refractivity contribution in [2.45, 2.75) is 31.5 Å². The lowest BCUT2D eigenvalue weighted by Gasteiger charge is -2.23. The van der Waals surface area contributed by atoms with Crippen LogP contribution in [0.25, 0.3) is 0 Å². The van der Waals surface area contributed by atoms with E-state index in [-0.39, 0.29) is 12.2 Å². The molecule has 2 heteroatoms. The van der Waals surface area contributed by atoms with Gasteiger partial charge in [-0.3, -0.25) is 0 Å². The zero-order valence-corrected chi connectivity index (χ0v) is 5.38. The Morgan fingerprint density at radius 1 is 1.33 bits per heavy atom. The van der Waals surface area contributed by atoms with Crippen molar-refractivity contribution in [2.75, 3.05) is 0 Å². The Labute approximate surface area is 54.8 Å². The van der Waals surface area contributed by atoms with Crippen molar-refractivity contribution in [3.05, 3.63) is 12.2 Å². The van der Waals surface area contributed by atoms with Crippen molar-refractivity contribution in [1.29, 1.82) is 0 Å². The minimum absolute atomic E-state index is 0.263. The SMILES string of the molecule is C=C1CC(O)CCC1O. The third kappa shape index (κ3) is 1.53. The first-order valence-corrected chi connectivity index (χ1v) is 3.24. The van der Waals surface area contributed by atoms with Crippen LogP contribution in [0.5, 0.6) is 0 Å². The van der Waals surface area contributed by atoms with Crippen molar-refractivity contribution >= 4 is 0 Å². The molecule has 0 aromatic carbocycles. The summed E-state index contributed by atoms with van der Waals surface area (Å²) in [5.74, 6) is 0. The molecule has 2 nitrogen and oxygen atoms in total. The summed E-state index contributed by atoms with van der Waals surface area (Å²) in [6, 6.07) is 0. The zero-order chi connectivity index (χ0) is 6.85. The second kappa shape index (κ2) is 2.50. The molecule has 0 aliphatic heterocycles.